The third kappa shape index (κ3) is 3.33. The number of rotatable bonds is 5. The lowest BCUT2D eigenvalue weighted by Crippen LogP contribution is -2.09. The first-order chi connectivity index (χ1) is 9.61. The van der Waals surface area contributed by atoms with Crippen LogP contribution in [0.15, 0.2) is 41.3 Å². The van der Waals surface area contributed by atoms with Crippen LogP contribution >= 0.6 is 15.9 Å². The van der Waals surface area contributed by atoms with Crippen molar-refractivity contribution in [2.45, 2.75) is 12.3 Å². The van der Waals surface area contributed by atoms with Crippen molar-refractivity contribution in [1.29, 1.82) is 0 Å². The molecule has 0 aliphatic carbocycles. The van der Waals surface area contributed by atoms with Gasteiger partial charge in [-0.2, -0.15) is 0 Å². The molecule has 2 rings (SSSR count). The number of carbonyl (C=O) groups is 1. The van der Waals surface area contributed by atoms with Gasteiger partial charge in [0.15, 0.2) is 0 Å². The Hall–Kier alpha value is -1.95. The Morgan fingerprint density at radius 3 is 2.80 bits per heavy atom. The Balaban J connectivity index is 2.41. The van der Waals surface area contributed by atoms with Crippen LogP contribution in [0.25, 0.3) is 0 Å². The van der Waals surface area contributed by atoms with Gasteiger partial charge >= 0.3 is 5.97 Å². The van der Waals surface area contributed by atoms with Crippen molar-refractivity contribution in [3.8, 4) is 5.75 Å². The second-order valence-electron chi connectivity index (χ2n) is 4.18. The average Bonchev–Trinajstić information content (AvgIpc) is 2.45. The van der Waals surface area contributed by atoms with E-state index in [0.29, 0.717) is 11.4 Å². The minimum Gasteiger partial charge on any atom is -0.496 e. The molecule has 1 aromatic heterocycles. The molecule has 5 nitrogen and oxygen atoms in total. The summed E-state index contributed by atoms with van der Waals surface area (Å²) in [5.41, 5.74) is 1.54. The van der Waals surface area contributed by atoms with Crippen LogP contribution < -0.4 is 4.74 Å². The summed E-state index contributed by atoms with van der Waals surface area (Å²) in [5, 5.41) is 9.10. The molecular formula is C14H13BrN2O3. The smallest absolute Gasteiger partial charge is 0.304 e. The number of ether oxygens (including phenoxy) is 1. The number of carboxylic acid groups (broad SMARTS) is 1. The van der Waals surface area contributed by atoms with Gasteiger partial charge in [0.05, 0.1) is 23.7 Å². The first-order valence-electron chi connectivity index (χ1n) is 5.93. The van der Waals surface area contributed by atoms with Gasteiger partial charge in [-0.3, -0.25) is 4.79 Å². The molecule has 20 heavy (non-hydrogen) atoms. The van der Waals surface area contributed by atoms with Crippen LogP contribution in [0, 0.1) is 0 Å². The van der Waals surface area contributed by atoms with E-state index in [1.165, 1.54) is 6.33 Å². The fourth-order valence-electron chi connectivity index (χ4n) is 1.97. The van der Waals surface area contributed by atoms with E-state index < -0.39 is 5.97 Å². The van der Waals surface area contributed by atoms with Crippen LogP contribution in [0.5, 0.6) is 5.75 Å². The summed E-state index contributed by atoms with van der Waals surface area (Å²) in [7, 11) is 1.58. The lowest BCUT2D eigenvalue weighted by Gasteiger charge is -2.16. The lowest BCUT2D eigenvalue weighted by molar-refractivity contribution is -0.137. The van der Waals surface area contributed by atoms with Crippen molar-refractivity contribution in [2.75, 3.05) is 7.11 Å². The Morgan fingerprint density at radius 1 is 1.45 bits per heavy atom. The quantitative estimate of drug-likeness (QED) is 0.908. The zero-order chi connectivity index (χ0) is 14.5. The average molecular weight is 337 g/mol. The molecule has 0 aliphatic rings. The molecule has 0 saturated heterocycles. The van der Waals surface area contributed by atoms with E-state index in [9.17, 15) is 4.79 Å². The van der Waals surface area contributed by atoms with Crippen molar-refractivity contribution in [3.63, 3.8) is 0 Å². The normalized spacial score (nSPS) is 11.9. The molecular weight excluding hydrogens is 324 g/mol. The number of methoxy groups -OCH3 is 1. The molecule has 6 heteroatoms. The maximum atomic E-state index is 11.1. The second-order valence-corrected chi connectivity index (χ2v) is 5.03. The van der Waals surface area contributed by atoms with Crippen LogP contribution in [-0.4, -0.2) is 28.2 Å². The number of nitrogens with zero attached hydrogens (tertiary/aromatic N) is 2. The van der Waals surface area contributed by atoms with E-state index in [1.807, 2.05) is 12.1 Å². The largest absolute Gasteiger partial charge is 0.496 e. The highest BCUT2D eigenvalue weighted by Gasteiger charge is 2.20. The Kier molecular flexibility index (Phi) is 4.68. The fraction of sp³-hybridized carbons (Fsp3) is 0.214. The molecule has 1 atom stereocenters. The molecule has 0 bridgehead atoms. The predicted molar refractivity (Wildman–Crippen MR) is 76.8 cm³/mol. The van der Waals surface area contributed by atoms with Crippen molar-refractivity contribution < 1.29 is 14.6 Å². The highest BCUT2D eigenvalue weighted by Crippen LogP contribution is 2.32. The predicted octanol–water partition coefficient (Wildman–Crippen LogP) is 2.85. The summed E-state index contributed by atoms with van der Waals surface area (Å²) in [5.74, 6) is -0.497. The highest BCUT2D eigenvalue weighted by molar-refractivity contribution is 9.10. The van der Waals surface area contributed by atoms with Crippen LogP contribution in [0.3, 0.4) is 0 Å². The molecule has 0 radical (unpaired) electrons. The molecule has 1 N–H and O–H groups in total. The van der Waals surface area contributed by atoms with Crippen LogP contribution in [0.2, 0.25) is 0 Å². The maximum absolute atomic E-state index is 11.1. The van der Waals surface area contributed by atoms with Crippen molar-refractivity contribution in [3.05, 3.63) is 52.5 Å². The van der Waals surface area contributed by atoms with Gasteiger partial charge in [0.25, 0.3) is 0 Å². The van der Waals surface area contributed by atoms with Gasteiger partial charge in [0, 0.05) is 12.1 Å². The van der Waals surface area contributed by atoms with E-state index in [4.69, 9.17) is 9.84 Å². The summed E-state index contributed by atoms with van der Waals surface area (Å²) >= 11 is 3.41. The SMILES string of the molecule is COc1ccc(C(CC(=O)O)c2ccncn2)cc1Br. The molecule has 0 fully saturated rings. The molecule has 0 spiro atoms. The minimum atomic E-state index is -0.874. The third-order valence-electron chi connectivity index (χ3n) is 2.92. The minimum absolute atomic E-state index is 0.0320. The van der Waals surface area contributed by atoms with E-state index >= 15 is 0 Å². The van der Waals surface area contributed by atoms with E-state index in [1.54, 1.807) is 25.4 Å². The summed E-state index contributed by atoms with van der Waals surface area (Å²) in [6, 6.07) is 7.23. The topological polar surface area (TPSA) is 72.3 Å². The van der Waals surface area contributed by atoms with Crippen molar-refractivity contribution >= 4 is 21.9 Å². The van der Waals surface area contributed by atoms with Gasteiger partial charge < -0.3 is 9.84 Å². The van der Waals surface area contributed by atoms with E-state index in [2.05, 4.69) is 25.9 Å². The van der Waals surface area contributed by atoms with E-state index in [0.717, 1.165) is 10.0 Å². The van der Waals surface area contributed by atoms with Crippen LogP contribution in [0.1, 0.15) is 23.6 Å². The van der Waals surface area contributed by atoms with Gasteiger partial charge in [-0.05, 0) is 39.7 Å². The molecule has 104 valence electrons. The van der Waals surface area contributed by atoms with Gasteiger partial charge in [-0.15, -0.1) is 0 Å². The maximum Gasteiger partial charge on any atom is 0.304 e. The zero-order valence-corrected chi connectivity index (χ0v) is 12.4. The third-order valence-corrected chi connectivity index (χ3v) is 3.54. The van der Waals surface area contributed by atoms with E-state index in [-0.39, 0.29) is 12.3 Å². The summed E-state index contributed by atoms with van der Waals surface area (Å²) < 4.78 is 5.96. The molecule has 1 aromatic carbocycles. The molecule has 0 saturated carbocycles. The standard InChI is InChI=1S/C14H13BrN2O3/c1-20-13-3-2-9(6-11(13)15)10(7-14(18)19)12-4-5-16-8-17-12/h2-6,8,10H,7H2,1H3,(H,18,19). The number of aliphatic carboxylic acids is 1. The monoisotopic (exact) mass is 336 g/mol. The number of halogens is 1. The summed E-state index contributed by atoms with van der Waals surface area (Å²) in [4.78, 5) is 19.1. The number of carboxylic acids is 1. The van der Waals surface area contributed by atoms with Crippen molar-refractivity contribution in [1.82, 2.24) is 9.97 Å². The number of benzene rings is 1. The van der Waals surface area contributed by atoms with Crippen LogP contribution in [0.4, 0.5) is 0 Å². The lowest BCUT2D eigenvalue weighted by atomic mass is 9.92. The molecule has 2 aromatic rings. The highest BCUT2D eigenvalue weighted by atomic mass is 79.9. The fourth-order valence-corrected chi connectivity index (χ4v) is 2.53. The number of hydrogen-bond acceptors (Lipinski definition) is 4. The summed E-state index contributed by atoms with van der Waals surface area (Å²) in [6.45, 7) is 0. The first-order valence-corrected chi connectivity index (χ1v) is 6.72. The number of hydrogen-bond donors (Lipinski definition) is 1. The Morgan fingerprint density at radius 2 is 2.25 bits per heavy atom. The van der Waals surface area contributed by atoms with Gasteiger partial charge in [-0.1, -0.05) is 6.07 Å². The number of aromatic nitrogens is 2. The molecule has 0 aliphatic heterocycles. The molecule has 1 unspecified atom stereocenters. The van der Waals surface area contributed by atoms with Crippen LogP contribution in [-0.2, 0) is 4.79 Å². The molecule has 1 heterocycles. The van der Waals surface area contributed by atoms with Gasteiger partial charge in [0.2, 0.25) is 0 Å². The van der Waals surface area contributed by atoms with Crippen molar-refractivity contribution in [2.24, 2.45) is 0 Å². The Labute approximate surface area is 124 Å². The van der Waals surface area contributed by atoms with Gasteiger partial charge in [-0.25, -0.2) is 9.97 Å². The Bertz CT molecular complexity index is 605. The first kappa shape index (κ1) is 14.5. The summed E-state index contributed by atoms with van der Waals surface area (Å²) in [6.07, 6.45) is 2.99. The molecule has 0 amide bonds. The van der Waals surface area contributed by atoms with Gasteiger partial charge in [0.1, 0.15) is 12.1 Å². The zero-order valence-electron chi connectivity index (χ0n) is 10.8. The second kappa shape index (κ2) is 6.47.